The number of rotatable bonds is 8. The van der Waals surface area contributed by atoms with Crippen LogP contribution in [0.25, 0.3) is 0 Å². The van der Waals surface area contributed by atoms with Crippen LogP contribution in [-0.2, 0) is 6.61 Å². The van der Waals surface area contributed by atoms with Gasteiger partial charge in [-0.2, -0.15) is 0 Å². The zero-order valence-electron chi connectivity index (χ0n) is 14.7. The molecule has 1 N–H and O–H groups in total. The first-order chi connectivity index (χ1) is 13.2. The van der Waals surface area contributed by atoms with E-state index in [-0.39, 0.29) is 5.91 Å². The topological polar surface area (TPSA) is 38.3 Å². The second-order valence-corrected chi connectivity index (χ2v) is 7.40. The van der Waals surface area contributed by atoms with Crippen LogP contribution in [0.1, 0.15) is 15.9 Å². The Kier molecular flexibility index (Phi) is 7.19. The Bertz CT molecular complexity index is 869. The van der Waals surface area contributed by atoms with Crippen LogP contribution in [-0.4, -0.2) is 18.2 Å². The quantitative estimate of drug-likeness (QED) is 0.406. The van der Waals surface area contributed by atoms with E-state index < -0.39 is 0 Å². The van der Waals surface area contributed by atoms with Gasteiger partial charge in [-0.1, -0.05) is 48.0 Å². The van der Waals surface area contributed by atoms with Crippen molar-refractivity contribution >= 4 is 29.3 Å². The van der Waals surface area contributed by atoms with Gasteiger partial charge in [0.25, 0.3) is 5.91 Å². The van der Waals surface area contributed by atoms with E-state index in [4.69, 9.17) is 16.3 Å². The third kappa shape index (κ3) is 6.05. The molecule has 3 nitrogen and oxygen atoms in total. The predicted octanol–water partition coefficient (Wildman–Crippen LogP) is 5.44. The van der Waals surface area contributed by atoms with Crippen molar-refractivity contribution in [3.8, 4) is 5.75 Å². The van der Waals surface area contributed by atoms with E-state index in [2.05, 4.69) is 17.4 Å². The highest BCUT2D eigenvalue weighted by atomic mass is 35.5. The molecular weight excluding hydrogens is 378 g/mol. The third-order valence-corrected chi connectivity index (χ3v) is 5.25. The van der Waals surface area contributed by atoms with Crippen LogP contribution in [0.3, 0.4) is 0 Å². The van der Waals surface area contributed by atoms with Gasteiger partial charge >= 0.3 is 0 Å². The molecule has 0 heterocycles. The van der Waals surface area contributed by atoms with E-state index in [0.29, 0.717) is 29.5 Å². The molecule has 0 saturated heterocycles. The second kappa shape index (κ2) is 10.0. The van der Waals surface area contributed by atoms with Crippen LogP contribution in [0.5, 0.6) is 5.75 Å². The number of benzene rings is 3. The zero-order chi connectivity index (χ0) is 18.9. The maximum Gasteiger partial charge on any atom is 0.251 e. The largest absolute Gasteiger partial charge is 0.489 e. The van der Waals surface area contributed by atoms with Crippen molar-refractivity contribution in [2.45, 2.75) is 11.5 Å². The Morgan fingerprint density at radius 3 is 2.37 bits per heavy atom. The lowest BCUT2D eigenvalue weighted by molar-refractivity contribution is 0.0956. The summed E-state index contributed by atoms with van der Waals surface area (Å²) in [7, 11) is 0. The van der Waals surface area contributed by atoms with Crippen LogP contribution in [0.4, 0.5) is 0 Å². The highest BCUT2D eigenvalue weighted by Crippen LogP contribution is 2.19. The SMILES string of the molecule is O=C(NCCSc1ccccc1)c1ccc(OCc2ccccc2Cl)cc1. The summed E-state index contributed by atoms with van der Waals surface area (Å²) in [5, 5.41) is 3.62. The summed E-state index contributed by atoms with van der Waals surface area (Å²) in [4.78, 5) is 13.4. The van der Waals surface area contributed by atoms with E-state index >= 15 is 0 Å². The van der Waals surface area contributed by atoms with Gasteiger partial charge in [0, 0.05) is 33.3 Å². The molecule has 0 bridgehead atoms. The summed E-state index contributed by atoms with van der Waals surface area (Å²) < 4.78 is 5.74. The van der Waals surface area contributed by atoms with E-state index in [1.165, 1.54) is 4.90 Å². The summed E-state index contributed by atoms with van der Waals surface area (Å²) in [5.74, 6) is 1.45. The maximum absolute atomic E-state index is 12.2. The molecule has 0 fully saturated rings. The number of halogens is 1. The predicted molar refractivity (Wildman–Crippen MR) is 112 cm³/mol. The molecule has 0 radical (unpaired) electrons. The molecule has 3 aromatic rings. The molecule has 138 valence electrons. The number of amides is 1. The van der Waals surface area contributed by atoms with Crippen molar-refractivity contribution in [1.82, 2.24) is 5.32 Å². The van der Waals surface area contributed by atoms with Crippen LogP contribution in [0.2, 0.25) is 5.02 Å². The van der Waals surface area contributed by atoms with Crippen LogP contribution in [0, 0.1) is 0 Å². The van der Waals surface area contributed by atoms with Crippen molar-refractivity contribution in [2.75, 3.05) is 12.3 Å². The lowest BCUT2D eigenvalue weighted by Gasteiger charge is -2.09. The van der Waals surface area contributed by atoms with E-state index in [1.807, 2.05) is 42.5 Å². The molecule has 0 saturated carbocycles. The Hall–Kier alpha value is -2.43. The van der Waals surface area contributed by atoms with E-state index in [0.717, 1.165) is 11.3 Å². The lowest BCUT2D eigenvalue weighted by atomic mass is 10.2. The van der Waals surface area contributed by atoms with E-state index in [9.17, 15) is 4.79 Å². The number of hydrogen-bond acceptors (Lipinski definition) is 3. The first kappa shape index (κ1) is 19.3. The summed E-state index contributed by atoms with van der Waals surface area (Å²) in [6, 6.07) is 24.8. The molecule has 0 unspecified atom stereocenters. The molecule has 3 aromatic carbocycles. The van der Waals surface area contributed by atoms with Crippen molar-refractivity contribution in [1.29, 1.82) is 0 Å². The number of thioether (sulfide) groups is 1. The summed E-state index contributed by atoms with van der Waals surface area (Å²) in [5.41, 5.74) is 1.54. The smallest absolute Gasteiger partial charge is 0.251 e. The average molecular weight is 398 g/mol. The summed E-state index contributed by atoms with van der Waals surface area (Å²) in [6.07, 6.45) is 0. The molecule has 0 aliphatic carbocycles. The minimum absolute atomic E-state index is 0.0821. The number of ether oxygens (including phenoxy) is 1. The molecule has 0 aliphatic heterocycles. The normalized spacial score (nSPS) is 10.4. The number of carbonyl (C=O) groups excluding carboxylic acids is 1. The van der Waals surface area contributed by atoms with Crippen molar-refractivity contribution in [2.24, 2.45) is 0 Å². The van der Waals surface area contributed by atoms with Crippen LogP contribution in [0.15, 0.2) is 83.8 Å². The Morgan fingerprint density at radius 1 is 0.926 bits per heavy atom. The molecule has 0 spiro atoms. The minimum atomic E-state index is -0.0821. The van der Waals surface area contributed by atoms with Gasteiger partial charge in [-0.25, -0.2) is 0 Å². The highest BCUT2D eigenvalue weighted by Gasteiger charge is 2.06. The first-order valence-corrected chi connectivity index (χ1v) is 10.0. The van der Waals surface area contributed by atoms with Crippen LogP contribution < -0.4 is 10.1 Å². The van der Waals surface area contributed by atoms with Gasteiger partial charge in [0.05, 0.1) is 0 Å². The maximum atomic E-state index is 12.2. The van der Waals surface area contributed by atoms with Gasteiger partial charge in [0.2, 0.25) is 0 Å². The summed E-state index contributed by atoms with van der Waals surface area (Å²) in [6.45, 7) is 1.01. The van der Waals surface area contributed by atoms with Crippen molar-refractivity contribution in [3.63, 3.8) is 0 Å². The number of carbonyl (C=O) groups is 1. The summed E-state index contributed by atoms with van der Waals surface area (Å²) >= 11 is 7.84. The van der Waals surface area contributed by atoms with Crippen molar-refractivity contribution in [3.05, 3.63) is 95.0 Å². The Balaban J connectivity index is 1.43. The van der Waals surface area contributed by atoms with Gasteiger partial charge in [-0.15, -0.1) is 11.8 Å². The molecule has 3 rings (SSSR count). The Morgan fingerprint density at radius 2 is 1.63 bits per heavy atom. The molecule has 0 aliphatic rings. The lowest BCUT2D eigenvalue weighted by Crippen LogP contribution is -2.25. The van der Waals surface area contributed by atoms with Gasteiger partial charge in [-0.3, -0.25) is 4.79 Å². The molecule has 1 amide bonds. The fraction of sp³-hybridized carbons (Fsp3) is 0.136. The second-order valence-electron chi connectivity index (χ2n) is 5.82. The molecular formula is C22H20ClNO2S. The van der Waals surface area contributed by atoms with Gasteiger partial charge in [0.15, 0.2) is 0 Å². The molecule has 5 heteroatoms. The Labute approximate surface area is 168 Å². The van der Waals surface area contributed by atoms with Gasteiger partial charge < -0.3 is 10.1 Å². The van der Waals surface area contributed by atoms with Crippen molar-refractivity contribution < 1.29 is 9.53 Å². The van der Waals surface area contributed by atoms with Crippen LogP contribution >= 0.6 is 23.4 Å². The fourth-order valence-corrected chi connectivity index (χ4v) is 3.41. The standard InChI is InChI=1S/C22H20ClNO2S/c23-21-9-5-4-6-18(21)16-26-19-12-10-17(11-13-19)22(25)24-14-15-27-20-7-2-1-3-8-20/h1-13H,14-16H2,(H,24,25). The van der Waals surface area contributed by atoms with E-state index in [1.54, 1.807) is 36.0 Å². The van der Waals surface area contributed by atoms with Gasteiger partial charge in [-0.05, 0) is 42.5 Å². The number of nitrogens with one attached hydrogen (secondary N) is 1. The molecule has 0 atom stereocenters. The number of hydrogen-bond donors (Lipinski definition) is 1. The van der Waals surface area contributed by atoms with Gasteiger partial charge in [0.1, 0.15) is 12.4 Å². The molecule has 27 heavy (non-hydrogen) atoms. The fourth-order valence-electron chi connectivity index (χ4n) is 2.43. The zero-order valence-corrected chi connectivity index (χ0v) is 16.3. The highest BCUT2D eigenvalue weighted by molar-refractivity contribution is 7.99. The monoisotopic (exact) mass is 397 g/mol. The minimum Gasteiger partial charge on any atom is -0.489 e. The average Bonchev–Trinajstić information content (AvgIpc) is 2.72. The third-order valence-electron chi connectivity index (χ3n) is 3.87. The molecule has 0 aromatic heterocycles. The first-order valence-electron chi connectivity index (χ1n) is 8.65.